The van der Waals surface area contributed by atoms with Crippen LogP contribution in [0.5, 0.6) is 0 Å². The van der Waals surface area contributed by atoms with Crippen molar-refractivity contribution in [3.05, 3.63) is 113 Å². The van der Waals surface area contributed by atoms with E-state index in [-0.39, 0.29) is 11.9 Å². The van der Waals surface area contributed by atoms with Gasteiger partial charge < -0.3 is 10.2 Å². The average molecular weight is 484 g/mol. The minimum absolute atomic E-state index is 0.164. The van der Waals surface area contributed by atoms with Crippen LogP contribution in [0.2, 0.25) is 5.02 Å². The van der Waals surface area contributed by atoms with E-state index >= 15 is 0 Å². The van der Waals surface area contributed by atoms with Gasteiger partial charge in [-0.2, -0.15) is 0 Å². The number of hydrogen-bond acceptors (Lipinski definition) is 3. The molecule has 1 aliphatic rings. The predicted octanol–water partition coefficient (Wildman–Crippen LogP) is 5.82. The van der Waals surface area contributed by atoms with Crippen LogP contribution in [0.4, 0.5) is 0 Å². The van der Waals surface area contributed by atoms with Gasteiger partial charge in [0.15, 0.2) is 0 Å². The van der Waals surface area contributed by atoms with Crippen LogP contribution >= 0.6 is 11.6 Å². The largest absolute Gasteiger partial charge is 0.339 e. The van der Waals surface area contributed by atoms with Gasteiger partial charge in [0.2, 0.25) is 5.91 Å². The molecule has 2 unspecified atom stereocenters. The number of hydrogen-bond donors (Lipinski definition) is 1. The highest BCUT2D eigenvalue weighted by Crippen LogP contribution is 2.24. The van der Waals surface area contributed by atoms with E-state index in [1.165, 1.54) is 16.5 Å². The third-order valence-electron chi connectivity index (χ3n) is 6.94. The Hall–Kier alpha value is -3.21. The molecule has 0 saturated carbocycles. The summed E-state index contributed by atoms with van der Waals surface area (Å²) in [6.45, 7) is 1.56. The van der Waals surface area contributed by atoms with Gasteiger partial charge >= 0.3 is 0 Å². The van der Waals surface area contributed by atoms with Crippen LogP contribution < -0.4 is 5.32 Å². The number of nitrogens with one attached hydrogen (secondary N) is 1. The second-order valence-corrected chi connectivity index (χ2v) is 9.76. The number of nitrogens with zero attached hydrogens (tertiary/aromatic N) is 2. The van der Waals surface area contributed by atoms with E-state index in [0.29, 0.717) is 17.5 Å². The number of benzene rings is 3. The van der Waals surface area contributed by atoms with E-state index in [9.17, 15) is 4.79 Å². The third-order valence-corrected chi connectivity index (χ3v) is 7.19. The molecule has 0 radical (unpaired) electrons. The highest BCUT2D eigenvalue weighted by atomic mass is 35.5. The summed E-state index contributed by atoms with van der Waals surface area (Å²) in [6, 6.07) is 29.0. The van der Waals surface area contributed by atoms with Gasteiger partial charge in [-0.1, -0.05) is 72.3 Å². The maximum Gasteiger partial charge on any atom is 0.227 e. The summed E-state index contributed by atoms with van der Waals surface area (Å²) in [5.74, 6) is 0.187. The second-order valence-electron chi connectivity index (χ2n) is 9.32. The van der Waals surface area contributed by atoms with Crippen molar-refractivity contribution < 1.29 is 4.79 Å². The summed E-state index contributed by atoms with van der Waals surface area (Å²) in [5.41, 5.74) is 4.55. The lowest BCUT2D eigenvalue weighted by Gasteiger charge is -2.40. The number of aromatic nitrogens is 1. The van der Waals surface area contributed by atoms with Crippen molar-refractivity contribution in [3.63, 3.8) is 0 Å². The molecule has 1 amide bonds. The fourth-order valence-electron chi connectivity index (χ4n) is 5.09. The Balaban J connectivity index is 1.29. The van der Waals surface area contributed by atoms with Crippen LogP contribution in [0.15, 0.2) is 91.1 Å². The lowest BCUT2D eigenvalue weighted by Crippen LogP contribution is -2.52. The number of fused-ring (bicyclic) bond motifs is 1. The zero-order valence-corrected chi connectivity index (χ0v) is 20.5. The minimum atomic E-state index is 0.164. The van der Waals surface area contributed by atoms with Gasteiger partial charge in [-0.15, -0.1) is 0 Å². The Morgan fingerprint density at radius 3 is 2.54 bits per heavy atom. The predicted molar refractivity (Wildman–Crippen MR) is 142 cm³/mol. The van der Waals surface area contributed by atoms with Crippen molar-refractivity contribution in [2.24, 2.45) is 0 Å². The quantitative estimate of drug-likeness (QED) is 0.360. The maximum atomic E-state index is 13.4. The van der Waals surface area contributed by atoms with Crippen LogP contribution in [0.25, 0.3) is 10.9 Å². The highest BCUT2D eigenvalue weighted by molar-refractivity contribution is 6.30. The lowest BCUT2D eigenvalue weighted by molar-refractivity contribution is -0.134. The van der Waals surface area contributed by atoms with Gasteiger partial charge in [0.25, 0.3) is 0 Å². The van der Waals surface area contributed by atoms with Crippen molar-refractivity contribution in [2.45, 2.75) is 44.3 Å². The summed E-state index contributed by atoms with van der Waals surface area (Å²) in [4.78, 5) is 19.9. The molecule has 0 spiro atoms. The number of carbonyl (C=O) groups excluding carboxylic acids is 1. The summed E-state index contributed by atoms with van der Waals surface area (Å²) in [7, 11) is 0. The molecule has 178 valence electrons. The fourth-order valence-corrected chi connectivity index (χ4v) is 5.21. The first-order chi connectivity index (χ1) is 17.2. The van der Waals surface area contributed by atoms with Crippen molar-refractivity contribution >= 4 is 28.4 Å². The second kappa shape index (κ2) is 11.0. The van der Waals surface area contributed by atoms with Crippen molar-refractivity contribution in [2.75, 3.05) is 6.54 Å². The molecule has 2 atom stereocenters. The van der Waals surface area contributed by atoms with Gasteiger partial charge in [0.05, 0.1) is 11.9 Å². The summed E-state index contributed by atoms with van der Waals surface area (Å²) in [6.07, 6.45) is 5.04. The lowest BCUT2D eigenvalue weighted by atomic mass is 9.91. The Bertz CT molecular complexity index is 1270. The molecule has 2 heterocycles. The molecule has 4 nitrogen and oxygen atoms in total. The number of pyridine rings is 1. The number of amides is 1. The first kappa shape index (κ1) is 23.5. The molecule has 0 aliphatic carbocycles. The molecule has 1 aromatic heterocycles. The monoisotopic (exact) mass is 483 g/mol. The van der Waals surface area contributed by atoms with Crippen LogP contribution in [-0.4, -0.2) is 34.4 Å². The third kappa shape index (κ3) is 5.90. The van der Waals surface area contributed by atoms with Crippen LogP contribution in [0.1, 0.15) is 29.5 Å². The highest BCUT2D eigenvalue weighted by Gasteiger charge is 2.31. The van der Waals surface area contributed by atoms with E-state index < -0.39 is 0 Å². The SMILES string of the molecule is O=C(Cc1ccc(Cl)cc1)N1CCC(NCc2ccnc3ccccc23)CC1Cc1ccccc1. The molecular weight excluding hydrogens is 454 g/mol. The summed E-state index contributed by atoms with van der Waals surface area (Å²) in [5, 5.41) is 5.67. The summed E-state index contributed by atoms with van der Waals surface area (Å²) >= 11 is 6.03. The Morgan fingerprint density at radius 1 is 0.943 bits per heavy atom. The topological polar surface area (TPSA) is 45.2 Å². The van der Waals surface area contributed by atoms with E-state index in [2.05, 4.69) is 63.7 Å². The average Bonchev–Trinajstić information content (AvgIpc) is 2.89. The van der Waals surface area contributed by atoms with E-state index in [4.69, 9.17) is 11.6 Å². The molecular formula is C30H30ClN3O. The number of rotatable bonds is 7. The van der Waals surface area contributed by atoms with Gasteiger partial charge in [-0.25, -0.2) is 0 Å². The van der Waals surface area contributed by atoms with Crippen molar-refractivity contribution in [3.8, 4) is 0 Å². The molecule has 1 aliphatic heterocycles. The van der Waals surface area contributed by atoms with Crippen molar-refractivity contribution in [1.82, 2.24) is 15.2 Å². The van der Waals surface area contributed by atoms with E-state index in [1.807, 2.05) is 42.6 Å². The molecule has 3 aromatic carbocycles. The Kier molecular flexibility index (Phi) is 7.41. The van der Waals surface area contributed by atoms with Crippen LogP contribution in [0, 0.1) is 0 Å². The van der Waals surface area contributed by atoms with E-state index in [1.54, 1.807) is 0 Å². The Labute approximate surface area is 212 Å². The number of piperidine rings is 1. The smallest absolute Gasteiger partial charge is 0.227 e. The standard InChI is InChI=1S/C30H30ClN3O/c31-25-12-10-23(11-13-25)19-30(35)34-17-15-26(20-27(34)18-22-6-2-1-3-7-22)33-21-24-14-16-32-29-9-5-4-8-28(24)29/h1-14,16,26-27,33H,15,17-21H2. The number of para-hydroxylation sites is 1. The zero-order valence-electron chi connectivity index (χ0n) is 19.7. The fraction of sp³-hybridized carbons (Fsp3) is 0.267. The van der Waals surface area contributed by atoms with Crippen LogP contribution in [0.3, 0.4) is 0 Å². The van der Waals surface area contributed by atoms with Gasteiger partial charge in [-0.3, -0.25) is 9.78 Å². The minimum Gasteiger partial charge on any atom is -0.339 e. The zero-order chi connectivity index (χ0) is 24.0. The van der Waals surface area contributed by atoms with Crippen LogP contribution in [-0.2, 0) is 24.2 Å². The normalized spacial score (nSPS) is 18.0. The van der Waals surface area contributed by atoms with Gasteiger partial charge in [0.1, 0.15) is 0 Å². The molecule has 35 heavy (non-hydrogen) atoms. The number of likely N-dealkylation sites (tertiary alicyclic amines) is 1. The number of halogens is 1. The van der Waals surface area contributed by atoms with Crippen molar-refractivity contribution in [1.29, 1.82) is 0 Å². The first-order valence-electron chi connectivity index (χ1n) is 12.3. The Morgan fingerprint density at radius 2 is 1.71 bits per heavy atom. The van der Waals surface area contributed by atoms with Gasteiger partial charge in [0, 0.05) is 41.8 Å². The maximum absolute atomic E-state index is 13.4. The van der Waals surface area contributed by atoms with Gasteiger partial charge in [-0.05, 0) is 60.2 Å². The van der Waals surface area contributed by atoms with E-state index in [0.717, 1.165) is 43.4 Å². The molecule has 1 N–H and O–H groups in total. The molecule has 5 heteroatoms. The summed E-state index contributed by atoms with van der Waals surface area (Å²) < 4.78 is 0. The molecule has 4 aromatic rings. The molecule has 1 saturated heterocycles. The number of carbonyl (C=O) groups is 1. The molecule has 0 bridgehead atoms. The first-order valence-corrected chi connectivity index (χ1v) is 12.7. The molecule has 5 rings (SSSR count). The molecule has 1 fully saturated rings.